The van der Waals surface area contributed by atoms with Crippen LogP contribution in [-0.2, 0) is 25.5 Å². The number of carbonyl (C=O) groups is 2. The Morgan fingerprint density at radius 1 is 1.21 bits per heavy atom. The van der Waals surface area contributed by atoms with Gasteiger partial charge in [0.05, 0.1) is 19.5 Å². The second-order valence-electron chi connectivity index (χ2n) is 8.82. The molecule has 0 aliphatic rings. The van der Waals surface area contributed by atoms with E-state index in [1.54, 1.807) is 30.3 Å². The van der Waals surface area contributed by atoms with E-state index < -0.39 is 55.6 Å². The molecule has 14 heteroatoms. The van der Waals surface area contributed by atoms with E-state index in [4.69, 9.17) is 27.5 Å². The Bertz CT molecular complexity index is 1330. The molecule has 0 fully saturated rings. The first-order valence-electron chi connectivity index (χ1n) is 11.7. The molecule has 0 saturated heterocycles. The molecular formula is C25H28ClN5O8. The van der Waals surface area contributed by atoms with Crippen molar-refractivity contribution in [3.05, 3.63) is 47.5 Å². The summed E-state index contributed by atoms with van der Waals surface area (Å²) in [5.74, 6) is -1.03. The summed E-state index contributed by atoms with van der Waals surface area (Å²) < 4.78 is 12.5. The smallest absolute Gasteiger partial charge is 0.348 e. The van der Waals surface area contributed by atoms with Crippen LogP contribution in [0.5, 0.6) is 0 Å². The van der Waals surface area contributed by atoms with Gasteiger partial charge in [0.25, 0.3) is 5.60 Å². The zero-order valence-corrected chi connectivity index (χ0v) is 21.8. The van der Waals surface area contributed by atoms with Gasteiger partial charge in [-0.05, 0) is 31.0 Å². The van der Waals surface area contributed by atoms with Crippen molar-refractivity contribution in [1.82, 2.24) is 19.5 Å². The lowest BCUT2D eigenvalue weighted by Gasteiger charge is -2.30. The van der Waals surface area contributed by atoms with Crippen molar-refractivity contribution in [3.8, 4) is 12.3 Å². The molecule has 13 nitrogen and oxygen atoms in total. The van der Waals surface area contributed by atoms with Crippen molar-refractivity contribution in [3.63, 3.8) is 0 Å². The summed E-state index contributed by atoms with van der Waals surface area (Å²) in [6, 6.07) is 8.04. The first-order valence-corrected chi connectivity index (χ1v) is 12.1. The van der Waals surface area contributed by atoms with Gasteiger partial charge in [-0.2, -0.15) is 9.97 Å². The van der Waals surface area contributed by atoms with Crippen LogP contribution < -0.4 is 5.32 Å². The largest absolute Gasteiger partial charge is 0.479 e. The first-order chi connectivity index (χ1) is 18.5. The van der Waals surface area contributed by atoms with E-state index in [-0.39, 0.29) is 17.0 Å². The Morgan fingerprint density at radius 2 is 1.87 bits per heavy atom. The molecule has 1 aromatic carbocycles. The Hall–Kier alpha value is -3.80. The average Bonchev–Trinajstić information content (AvgIpc) is 3.31. The molecule has 0 aliphatic carbocycles. The third kappa shape index (κ3) is 6.80. The third-order valence-corrected chi connectivity index (χ3v) is 5.74. The quantitative estimate of drug-likeness (QED) is 0.108. The summed E-state index contributed by atoms with van der Waals surface area (Å²) in [6.07, 6.45) is 1.89. The highest BCUT2D eigenvalue weighted by Crippen LogP contribution is 2.27. The van der Waals surface area contributed by atoms with Crippen molar-refractivity contribution in [2.24, 2.45) is 0 Å². The lowest BCUT2D eigenvalue weighted by Crippen LogP contribution is -2.52. The molecule has 5 N–H and O–H groups in total. The molecule has 0 amide bonds. The van der Waals surface area contributed by atoms with Crippen LogP contribution in [0.15, 0.2) is 36.7 Å². The van der Waals surface area contributed by atoms with E-state index in [0.29, 0.717) is 16.9 Å². The van der Waals surface area contributed by atoms with Gasteiger partial charge in [-0.1, -0.05) is 36.3 Å². The monoisotopic (exact) mass is 561 g/mol. The Morgan fingerprint density at radius 3 is 2.44 bits per heavy atom. The first kappa shape index (κ1) is 29.8. The molecule has 3 atom stereocenters. The van der Waals surface area contributed by atoms with E-state index in [1.807, 2.05) is 13.8 Å². The van der Waals surface area contributed by atoms with E-state index in [9.17, 15) is 30.0 Å². The molecule has 2 heterocycles. The highest BCUT2D eigenvalue weighted by molar-refractivity contribution is 6.28. The van der Waals surface area contributed by atoms with Crippen molar-refractivity contribution >= 4 is 40.5 Å². The zero-order valence-electron chi connectivity index (χ0n) is 21.1. The van der Waals surface area contributed by atoms with Crippen LogP contribution in [0.2, 0.25) is 5.28 Å². The van der Waals surface area contributed by atoms with E-state index >= 15 is 0 Å². The number of aromatic nitrogens is 4. The number of benzene rings is 1. The molecule has 3 rings (SSSR count). The van der Waals surface area contributed by atoms with Crippen LogP contribution in [0.25, 0.3) is 11.2 Å². The average molecular weight is 562 g/mol. The SMILES string of the molecule is C#C[C@@H](O)[C@@H](O[C@@H](CO)COC(Cc1ccccc1)(C(=O)O)C(=O)O)n1cnc2c(NC(C)C)nc(Cl)nc21. The van der Waals surface area contributed by atoms with Gasteiger partial charge in [0.15, 0.2) is 29.3 Å². The number of ether oxygens (including phenoxy) is 2. The maximum Gasteiger partial charge on any atom is 0.348 e. The number of anilines is 1. The maximum atomic E-state index is 12.1. The van der Waals surface area contributed by atoms with Crippen molar-refractivity contribution in [2.45, 2.75) is 50.3 Å². The number of aliphatic hydroxyl groups excluding tert-OH is 2. The van der Waals surface area contributed by atoms with E-state index in [2.05, 4.69) is 26.2 Å². The number of terminal acetylenes is 1. The van der Waals surface area contributed by atoms with Crippen LogP contribution >= 0.6 is 11.6 Å². The van der Waals surface area contributed by atoms with Crippen LogP contribution in [-0.4, -0.2) is 88.9 Å². The normalized spacial score (nSPS) is 14.1. The molecular weight excluding hydrogens is 534 g/mol. The van der Waals surface area contributed by atoms with Gasteiger partial charge in [-0.3, -0.25) is 4.57 Å². The summed E-state index contributed by atoms with van der Waals surface area (Å²) in [5.41, 5.74) is -1.85. The number of aliphatic carboxylic acids is 2. The number of fused-ring (bicyclic) bond motifs is 1. The molecule has 0 bridgehead atoms. The summed E-state index contributed by atoms with van der Waals surface area (Å²) in [7, 11) is 0. The number of nitrogens with zero attached hydrogens (tertiary/aromatic N) is 4. The molecule has 39 heavy (non-hydrogen) atoms. The second kappa shape index (κ2) is 12.8. The van der Waals surface area contributed by atoms with Gasteiger partial charge in [0.1, 0.15) is 6.10 Å². The lowest BCUT2D eigenvalue weighted by molar-refractivity contribution is -0.195. The number of halogens is 1. The minimum Gasteiger partial charge on any atom is -0.479 e. The highest BCUT2D eigenvalue weighted by atomic mass is 35.5. The zero-order chi connectivity index (χ0) is 28.7. The number of carboxylic acid groups (broad SMARTS) is 2. The van der Waals surface area contributed by atoms with E-state index in [1.165, 1.54) is 10.9 Å². The lowest BCUT2D eigenvalue weighted by atomic mass is 9.94. The fourth-order valence-electron chi connectivity index (χ4n) is 3.69. The van der Waals surface area contributed by atoms with Gasteiger partial charge in [0.2, 0.25) is 5.28 Å². The van der Waals surface area contributed by atoms with Gasteiger partial charge >= 0.3 is 11.9 Å². The van der Waals surface area contributed by atoms with Crippen LogP contribution in [0.3, 0.4) is 0 Å². The summed E-state index contributed by atoms with van der Waals surface area (Å²) >= 11 is 6.09. The van der Waals surface area contributed by atoms with Gasteiger partial charge < -0.3 is 35.2 Å². The minimum absolute atomic E-state index is 0.0248. The van der Waals surface area contributed by atoms with Crippen LogP contribution in [0.4, 0.5) is 5.82 Å². The summed E-state index contributed by atoms with van der Waals surface area (Å²) in [4.78, 5) is 36.8. The molecule has 208 valence electrons. The molecule has 0 spiro atoms. The molecule has 0 aliphatic heterocycles. The minimum atomic E-state index is -2.68. The Labute approximate surface area is 228 Å². The van der Waals surface area contributed by atoms with Crippen molar-refractivity contribution in [2.75, 3.05) is 18.5 Å². The molecule has 0 unspecified atom stereocenters. The van der Waals surface area contributed by atoms with Crippen molar-refractivity contribution in [1.29, 1.82) is 0 Å². The van der Waals surface area contributed by atoms with Gasteiger partial charge in [-0.15, -0.1) is 6.42 Å². The number of carboxylic acids is 2. The maximum absolute atomic E-state index is 12.1. The fraction of sp³-hybridized carbons (Fsp3) is 0.400. The second-order valence-corrected chi connectivity index (χ2v) is 9.16. The predicted molar refractivity (Wildman–Crippen MR) is 139 cm³/mol. The van der Waals surface area contributed by atoms with Crippen LogP contribution in [0, 0.1) is 12.3 Å². The van der Waals surface area contributed by atoms with Crippen LogP contribution in [0.1, 0.15) is 25.6 Å². The Balaban J connectivity index is 1.92. The fourth-order valence-corrected chi connectivity index (χ4v) is 3.86. The van der Waals surface area contributed by atoms with E-state index in [0.717, 1.165) is 0 Å². The predicted octanol–water partition coefficient (Wildman–Crippen LogP) is 1.34. The summed E-state index contributed by atoms with van der Waals surface area (Å²) in [5, 5.41) is 43.1. The number of imidazole rings is 1. The number of nitrogens with one attached hydrogen (secondary N) is 1. The number of aliphatic hydroxyl groups is 2. The topological polar surface area (TPSA) is 189 Å². The van der Waals surface area contributed by atoms with Gasteiger partial charge in [0, 0.05) is 12.5 Å². The molecule has 2 aromatic heterocycles. The molecule has 0 radical (unpaired) electrons. The molecule has 3 aromatic rings. The highest BCUT2D eigenvalue weighted by Gasteiger charge is 2.49. The Kier molecular flexibility index (Phi) is 9.79. The number of hydrogen-bond acceptors (Lipinski definition) is 10. The number of hydrogen-bond donors (Lipinski definition) is 5. The molecule has 0 saturated carbocycles. The standard InChI is InChI=1S/C25H28ClN5O8/c1-4-17(33)21(31-13-27-18-19(28-14(2)3)29-24(26)30-20(18)31)39-16(11-32)12-38-25(22(34)35,23(36)37)10-15-8-6-5-7-9-15/h1,5-9,13-14,16-17,21,32-33H,10-12H2,2-3H3,(H,34,35)(H,36,37)(H,28,29,30)/t16-,17+,21+/m0/s1. The van der Waals surface area contributed by atoms with Gasteiger partial charge in [-0.25, -0.2) is 14.6 Å². The number of rotatable bonds is 14. The van der Waals surface area contributed by atoms with Crippen molar-refractivity contribution < 1.29 is 39.5 Å². The third-order valence-electron chi connectivity index (χ3n) is 5.57. The summed E-state index contributed by atoms with van der Waals surface area (Å²) in [6.45, 7) is 2.34.